The Morgan fingerprint density at radius 3 is 1.38 bits per heavy atom. The summed E-state index contributed by atoms with van der Waals surface area (Å²) in [6.07, 6.45) is 0. The van der Waals surface area contributed by atoms with Gasteiger partial charge in [-0.05, 0) is 138 Å². The molecule has 10 rings (SSSR count). The first-order valence-electron chi connectivity index (χ1n) is 18.0. The minimum Gasteiger partial charge on any atom is -0.0616 e. The Morgan fingerprint density at radius 1 is 0.280 bits per heavy atom. The van der Waals surface area contributed by atoms with Crippen LogP contribution in [0.5, 0.6) is 0 Å². The first-order valence-corrected chi connectivity index (χ1v) is 18.0. The highest BCUT2D eigenvalue weighted by atomic mass is 14.3. The number of hydrogen-bond acceptors (Lipinski definition) is 0. The Hall–Kier alpha value is -5.46. The SMILES string of the molecule is CC(C)(C)c1ccc(-c2ccc(C(C)(C)C)cc2-c2ccc3c4cc5c6ccccc6c6cccc(c4cc4c7ccccc7c2c34)c65)cc1. The maximum atomic E-state index is 2.50. The molecule has 0 radical (unpaired) electrons. The van der Waals surface area contributed by atoms with Crippen LogP contribution in [0.2, 0.25) is 0 Å². The molecule has 0 atom stereocenters. The Balaban J connectivity index is 1.34. The van der Waals surface area contributed by atoms with Crippen LogP contribution in [0.4, 0.5) is 0 Å². The normalized spacial score (nSPS) is 13.0. The van der Waals surface area contributed by atoms with E-state index in [0.29, 0.717) is 0 Å². The highest BCUT2D eigenvalue weighted by Crippen LogP contribution is 2.50. The van der Waals surface area contributed by atoms with Crippen LogP contribution in [0, 0.1) is 0 Å². The summed E-state index contributed by atoms with van der Waals surface area (Å²) < 4.78 is 0. The molecule has 0 N–H and O–H groups in total. The molecule has 10 aromatic carbocycles. The molecule has 0 aromatic heterocycles. The maximum absolute atomic E-state index is 2.50. The molecular formula is C50H40. The molecule has 0 saturated carbocycles. The fourth-order valence-corrected chi connectivity index (χ4v) is 8.89. The second kappa shape index (κ2) is 10.1. The van der Waals surface area contributed by atoms with E-state index in [0.717, 1.165) is 0 Å². The van der Waals surface area contributed by atoms with Gasteiger partial charge in [-0.25, -0.2) is 0 Å². The fraction of sp³-hybridized carbons (Fsp3) is 0.160. The predicted molar refractivity (Wildman–Crippen MR) is 220 cm³/mol. The van der Waals surface area contributed by atoms with Crippen LogP contribution in [0.3, 0.4) is 0 Å². The van der Waals surface area contributed by atoms with Crippen molar-refractivity contribution < 1.29 is 0 Å². The summed E-state index contributed by atoms with van der Waals surface area (Å²) in [4.78, 5) is 0. The summed E-state index contributed by atoms with van der Waals surface area (Å²) in [5.74, 6) is 0. The Morgan fingerprint density at radius 2 is 0.740 bits per heavy atom. The standard InChI is InChI=1S/C50H40/c1-49(2,3)30-20-18-29(19-21-30)32-23-22-31(50(4,5)6)26-41(32)39-24-25-40-43-27-44-34-13-8-7-12-33(34)36-16-11-17-38(46(36)44)42(43)28-45-35-14-9-10-15-37(35)47(39)48(40)45/h7-28H,1-6H3. The van der Waals surface area contributed by atoms with Gasteiger partial charge in [0.15, 0.2) is 0 Å². The minimum atomic E-state index is 0.0265. The maximum Gasteiger partial charge on any atom is -0.00137 e. The van der Waals surface area contributed by atoms with E-state index in [1.807, 2.05) is 0 Å². The first kappa shape index (κ1) is 29.5. The Labute approximate surface area is 293 Å². The van der Waals surface area contributed by atoms with Gasteiger partial charge < -0.3 is 0 Å². The highest BCUT2D eigenvalue weighted by molar-refractivity contribution is 6.42. The van der Waals surface area contributed by atoms with Crippen molar-refractivity contribution in [2.45, 2.75) is 52.4 Å². The van der Waals surface area contributed by atoms with Gasteiger partial charge >= 0.3 is 0 Å². The summed E-state index contributed by atoms with van der Waals surface area (Å²) in [6, 6.07) is 51.1. The smallest absolute Gasteiger partial charge is 0.00137 e. The van der Waals surface area contributed by atoms with Gasteiger partial charge in [0, 0.05) is 0 Å². The van der Waals surface area contributed by atoms with Crippen molar-refractivity contribution in [3.8, 4) is 22.3 Å². The van der Waals surface area contributed by atoms with E-state index < -0.39 is 0 Å². The fourth-order valence-electron chi connectivity index (χ4n) is 8.89. The third-order valence-corrected chi connectivity index (χ3v) is 11.5. The molecule has 0 aliphatic heterocycles. The zero-order valence-corrected chi connectivity index (χ0v) is 29.7. The lowest BCUT2D eigenvalue weighted by molar-refractivity contribution is 0.590. The van der Waals surface area contributed by atoms with E-state index in [1.54, 1.807) is 0 Å². The lowest BCUT2D eigenvalue weighted by Crippen LogP contribution is -2.11. The average Bonchev–Trinajstić information content (AvgIpc) is 3.62. The van der Waals surface area contributed by atoms with Gasteiger partial charge in [-0.15, -0.1) is 0 Å². The molecule has 0 nitrogen and oxygen atoms in total. The van der Waals surface area contributed by atoms with Gasteiger partial charge in [0.2, 0.25) is 0 Å². The van der Waals surface area contributed by atoms with Crippen LogP contribution >= 0.6 is 0 Å². The van der Waals surface area contributed by atoms with Crippen molar-refractivity contribution in [3.63, 3.8) is 0 Å². The lowest BCUT2D eigenvalue weighted by Gasteiger charge is -2.23. The average molecular weight is 641 g/mol. The van der Waals surface area contributed by atoms with Crippen molar-refractivity contribution in [1.82, 2.24) is 0 Å². The summed E-state index contributed by atoms with van der Waals surface area (Å²) in [5.41, 5.74) is 7.99. The van der Waals surface area contributed by atoms with Crippen LogP contribution in [0.25, 0.3) is 97.7 Å². The van der Waals surface area contributed by atoms with Crippen molar-refractivity contribution in [3.05, 3.63) is 145 Å². The Kier molecular flexibility index (Phi) is 5.92. The van der Waals surface area contributed by atoms with Gasteiger partial charge in [0.1, 0.15) is 0 Å². The topological polar surface area (TPSA) is 0 Å². The number of benzene rings is 8. The molecule has 50 heavy (non-hydrogen) atoms. The van der Waals surface area contributed by atoms with Gasteiger partial charge in [0.05, 0.1) is 0 Å². The Bertz CT molecular complexity index is 2960. The lowest BCUT2D eigenvalue weighted by atomic mass is 9.81. The summed E-state index contributed by atoms with van der Waals surface area (Å²) in [5, 5.41) is 18.9. The zero-order chi connectivity index (χ0) is 34.1. The molecule has 240 valence electrons. The monoisotopic (exact) mass is 640 g/mol. The summed E-state index contributed by atoms with van der Waals surface area (Å²) >= 11 is 0. The van der Waals surface area contributed by atoms with Crippen molar-refractivity contribution in [2.75, 3.05) is 0 Å². The summed E-state index contributed by atoms with van der Waals surface area (Å²) in [6.45, 7) is 13.8. The van der Waals surface area contributed by atoms with Crippen LogP contribution in [0.15, 0.2) is 133 Å². The minimum absolute atomic E-state index is 0.0265. The molecule has 0 fully saturated rings. The van der Waals surface area contributed by atoms with Gasteiger partial charge in [0.25, 0.3) is 0 Å². The van der Waals surface area contributed by atoms with Crippen molar-refractivity contribution in [1.29, 1.82) is 0 Å². The summed E-state index contributed by atoms with van der Waals surface area (Å²) in [7, 11) is 0. The van der Waals surface area contributed by atoms with E-state index in [1.165, 1.54) is 109 Å². The van der Waals surface area contributed by atoms with E-state index >= 15 is 0 Å². The first-order chi connectivity index (χ1) is 24.1. The molecular weight excluding hydrogens is 601 g/mol. The molecule has 0 bridgehead atoms. The van der Waals surface area contributed by atoms with Crippen molar-refractivity contribution >= 4 is 75.4 Å². The molecule has 0 aliphatic carbocycles. The van der Waals surface area contributed by atoms with E-state index in [-0.39, 0.29) is 10.8 Å². The molecule has 0 spiro atoms. The number of rotatable bonds is 2. The molecule has 0 amide bonds. The van der Waals surface area contributed by atoms with Gasteiger partial charge in [-0.1, -0.05) is 157 Å². The van der Waals surface area contributed by atoms with Crippen LogP contribution in [-0.4, -0.2) is 0 Å². The number of fused-ring (bicyclic) bond motifs is 9. The van der Waals surface area contributed by atoms with Crippen LogP contribution in [0.1, 0.15) is 52.7 Å². The molecule has 0 saturated heterocycles. The van der Waals surface area contributed by atoms with Crippen LogP contribution < -0.4 is 0 Å². The van der Waals surface area contributed by atoms with E-state index in [9.17, 15) is 0 Å². The van der Waals surface area contributed by atoms with Crippen LogP contribution in [-0.2, 0) is 10.8 Å². The quantitative estimate of drug-likeness (QED) is 0.165. The van der Waals surface area contributed by atoms with Crippen molar-refractivity contribution in [2.24, 2.45) is 0 Å². The number of hydrogen-bond donors (Lipinski definition) is 0. The third kappa shape index (κ3) is 4.06. The molecule has 10 aromatic rings. The van der Waals surface area contributed by atoms with Gasteiger partial charge in [-0.3, -0.25) is 0 Å². The predicted octanol–water partition coefficient (Wildman–Crippen LogP) is 14.6. The second-order valence-electron chi connectivity index (χ2n) is 16.5. The molecule has 0 aliphatic rings. The largest absolute Gasteiger partial charge is 0.0616 e. The van der Waals surface area contributed by atoms with Gasteiger partial charge in [-0.2, -0.15) is 0 Å². The molecule has 0 heteroatoms. The van der Waals surface area contributed by atoms with E-state index in [4.69, 9.17) is 0 Å². The highest BCUT2D eigenvalue weighted by Gasteiger charge is 2.24. The zero-order valence-electron chi connectivity index (χ0n) is 29.7. The second-order valence-corrected chi connectivity index (χ2v) is 16.5. The third-order valence-electron chi connectivity index (χ3n) is 11.5. The molecule has 0 unspecified atom stereocenters. The molecule has 0 heterocycles. The van der Waals surface area contributed by atoms with E-state index in [2.05, 4.69) is 175 Å².